The van der Waals surface area contributed by atoms with E-state index in [0.29, 0.717) is 17.0 Å². The van der Waals surface area contributed by atoms with Crippen molar-refractivity contribution in [2.24, 2.45) is 4.99 Å². The van der Waals surface area contributed by atoms with Gasteiger partial charge in [0.25, 0.3) is 5.91 Å². The molecular weight excluding hydrogens is 332 g/mol. The number of hydrogen-bond acceptors (Lipinski definition) is 3. The number of carbonyl (C=O) groups excluding carboxylic acids is 1. The molecule has 25 heavy (non-hydrogen) atoms. The summed E-state index contributed by atoms with van der Waals surface area (Å²) in [6, 6.07) is 8.16. The molecule has 0 aliphatic heterocycles. The molecule has 0 radical (unpaired) electrons. The Morgan fingerprint density at radius 3 is 2.80 bits per heavy atom. The van der Waals surface area contributed by atoms with E-state index in [4.69, 9.17) is 0 Å². The molecule has 0 saturated carbocycles. The molecule has 2 heterocycles. The van der Waals surface area contributed by atoms with Crippen LogP contribution in [0.5, 0.6) is 0 Å². The third-order valence-corrected chi connectivity index (χ3v) is 5.21. The van der Waals surface area contributed by atoms with Crippen LogP contribution in [-0.2, 0) is 19.5 Å². The van der Waals surface area contributed by atoms with Crippen molar-refractivity contribution in [2.45, 2.75) is 40.3 Å². The average molecular weight is 354 g/mol. The number of allylic oxidation sites excluding steroid dienone is 1. The van der Waals surface area contributed by atoms with Gasteiger partial charge in [0.15, 0.2) is 10.5 Å². The Morgan fingerprint density at radius 2 is 2.16 bits per heavy atom. The Hall–Kier alpha value is -2.47. The zero-order valence-electron chi connectivity index (χ0n) is 14.8. The Morgan fingerprint density at radius 1 is 1.36 bits per heavy atom. The summed E-state index contributed by atoms with van der Waals surface area (Å²) in [5, 5.41) is 4.33. The molecule has 0 fully saturated rings. The van der Waals surface area contributed by atoms with Gasteiger partial charge in [-0.15, -0.1) is 6.58 Å². The molecule has 3 rings (SSSR count). The van der Waals surface area contributed by atoms with Crippen molar-refractivity contribution >= 4 is 27.5 Å². The van der Waals surface area contributed by atoms with E-state index in [1.54, 1.807) is 10.7 Å². The van der Waals surface area contributed by atoms with Gasteiger partial charge in [0.1, 0.15) is 0 Å². The van der Waals surface area contributed by atoms with E-state index in [0.717, 1.165) is 28.9 Å². The highest BCUT2D eigenvalue weighted by Crippen LogP contribution is 2.20. The number of nitrogens with zero attached hydrogens (tertiary/aromatic N) is 4. The highest BCUT2D eigenvalue weighted by atomic mass is 32.1. The smallest absolute Gasteiger partial charge is 0.300 e. The van der Waals surface area contributed by atoms with Crippen LogP contribution in [-0.4, -0.2) is 20.3 Å². The molecule has 0 atom stereocenters. The van der Waals surface area contributed by atoms with E-state index in [1.807, 2.05) is 24.5 Å². The van der Waals surface area contributed by atoms with Crippen LogP contribution in [0.15, 0.2) is 41.9 Å². The summed E-state index contributed by atoms with van der Waals surface area (Å²) in [5.74, 6) is -0.310. The molecule has 0 saturated heterocycles. The van der Waals surface area contributed by atoms with E-state index in [1.165, 1.54) is 16.9 Å². The maximum atomic E-state index is 12.6. The summed E-state index contributed by atoms with van der Waals surface area (Å²) in [4.78, 5) is 17.6. The highest BCUT2D eigenvalue weighted by molar-refractivity contribution is 7.16. The van der Waals surface area contributed by atoms with Gasteiger partial charge in [0.2, 0.25) is 0 Å². The van der Waals surface area contributed by atoms with Crippen LogP contribution >= 0.6 is 11.3 Å². The molecule has 0 aliphatic rings. The van der Waals surface area contributed by atoms with E-state index in [9.17, 15) is 4.79 Å². The molecule has 130 valence electrons. The first kappa shape index (κ1) is 17.4. The van der Waals surface area contributed by atoms with Crippen molar-refractivity contribution in [1.29, 1.82) is 0 Å². The van der Waals surface area contributed by atoms with Crippen LogP contribution in [0.3, 0.4) is 0 Å². The molecule has 1 amide bonds. The first-order valence-corrected chi connectivity index (χ1v) is 9.25. The molecule has 1 aromatic carbocycles. The van der Waals surface area contributed by atoms with Gasteiger partial charge in [-0.3, -0.25) is 9.48 Å². The van der Waals surface area contributed by atoms with E-state index < -0.39 is 0 Å². The fraction of sp³-hybridized carbons (Fsp3) is 0.316. The van der Waals surface area contributed by atoms with Crippen molar-refractivity contribution in [2.75, 3.05) is 0 Å². The normalized spacial score (nSPS) is 12.0. The van der Waals surface area contributed by atoms with Gasteiger partial charge in [-0.05, 0) is 44.0 Å². The lowest BCUT2D eigenvalue weighted by atomic mass is 10.2. The van der Waals surface area contributed by atoms with Gasteiger partial charge in [0.05, 0.1) is 10.2 Å². The second kappa shape index (κ2) is 7.19. The molecule has 0 N–H and O–H groups in total. The molecular formula is C19H22N4OS. The lowest BCUT2D eigenvalue weighted by Crippen LogP contribution is -2.16. The molecule has 0 bridgehead atoms. The minimum Gasteiger partial charge on any atom is -0.312 e. The molecule has 2 aromatic heterocycles. The van der Waals surface area contributed by atoms with E-state index in [2.05, 4.69) is 41.8 Å². The highest BCUT2D eigenvalue weighted by Gasteiger charge is 2.13. The van der Waals surface area contributed by atoms with Crippen LogP contribution in [0.1, 0.15) is 35.6 Å². The lowest BCUT2D eigenvalue weighted by Gasteiger charge is -2.01. The second-order valence-corrected chi connectivity index (χ2v) is 6.85. The first-order valence-electron chi connectivity index (χ1n) is 8.44. The standard InChI is InChI=1S/C19H22N4OS/c1-5-10-22-16-9-8-14(6-2)12-17(16)25-19(22)20-18(24)15-11-13(4)23(7-3)21-15/h5,8-9,11-12H,1,6-7,10H2,2-4H3. The number of benzene rings is 1. The number of carbonyl (C=O) groups is 1. The predicted molar refractivity (Wildman–Crippen MR) is 102 cm³/mol. The summed E-state index contributed by atoms with van der Waals surface area (Å²) < 4.78 is 4.95. The molecule has 0 unspecified atom stereocenters. The maximum Gasteiger partial charge on any atom is 0.300 e. The van der Waals surface area contributed by atoms with Crippen LogP contribution in [0.25, 0.3) is 10.2 Å². The van der Waals surface area contributed by atoms with Crippen LogP contribution in [0, 0.1) is 6.92 Å². The number of rotatable bonds is 5. The van der Waals surface area contributed by atoms with Gasteiger partial charge < -0.3 is 4.57 Å². The predicted octanol–water partition coefficient (Wildman–Crippen LogP) is 3.72. The van der Waals surface area contributed by atoms with Crippen LogP contribution < -0.4 is 4.80 Å². The second-order valence-electron chi connectivity index (χ2n) is 5.84. The first-order chi connectivity index (χ1) is 12.1. The van der Waals surface area contributed by atoms with Crippen molar-refractivity contribution in [3.63, 3.8) is 0 Å². The maximum absolute atomic E-state index is 12.6. The zero-order chi connectivity index (χ0) is 18.0. The van der Waals surface area contributed by atoms with Crippen molar-refractivity contribution < 1.29 is 4.79 Å². The van der Waals surface area contributed by atoms with E-state index >= 15 is 0 Å². The molecule has 5 nitrogen and oxygen atoms in total. The largest absolute Gasteiger partial charge is 0.312 e. The van der Waals surface area contributed by atoms with E-state index in [-0.39, 0.29) is 5.91 Å². The molecule has 3 aromatic rings. The number of fused-ring (bicyclic) bond motifs is 1. The lowest BCUT2D eigenvalue weighted by molar-refractivity contribution is 0.0992. The average Bonchev–Trinajstić information content (AvgIpc) is 3.15. The van der Waals surface area contributed by atoms with Gasteiger partial charge >= 0.3 is 0 Å². The minimum absolute atomic E-state index is 0.310. The Balaban J connectivity index is 2.11. The van der Waals surface area contributed by atoms with Crippen molar-refractivity contribution in [3.8, 4) is 0 Å². The molecule has 0 spiro atoms. The summed E-state index contributed by atoms with van der Waals surface area (Å²) in [5.41, 5.74) is 3.69. The number of aryl methyl sites for hydroxylation is 3. The van der Waals surface area contributed by atoms with Gasteiger partial charge in [-0.25, -0.2) is 0 Å². The van der Waals surface area contributed by atoms with Gasteiger partial charge in [0, 0.05) is 18.8 Å². The monoisotopic (exact) mass is 354 g/mol. The zero-order valence-corrected chi connectivity index (χ0v) is 15.6. The number of thiazole rings is 1. The third kappa shape index (κ3) is 3.35. The fourth-order valence-electron chi connectivity index (χ4n) is 2.81. The Labute approximate surface area is 150 Å². The van der Waals surface area contributed by atoms with Gasteiger partial charge in [-0.1, -0.05) is 30.4 Å². The summed E-state index contributed by atoms with van der Waals surface area (Å²) in [6.45, 7) is 11.2. The van der Waals surface area contributed by atoms with Gasteiger partial charge in [-0.2, -0.15) is 10.1 Å². The Bertz CT molecular complexity index is 1010. The number of aromatic nitrogens is 3. The third-order valence-electron chi connectivity index (χ3n) is 4.16. The summed E-state index contributed by atoms with van der Waals surface area (Å²) in [7, 11) is 0. The summed E-state index contributed by atoms with van der Waals surface area (Å²) >= 11 is 1.53. The fourth-order valence-corrected chi connectivity index (χ4v) is 3.91. The van der Waals surface area contributed by atoms with Crippen LogP contribution in [0.4, 0.5) is 0 Å². The number of amides is 1. The van der Waals surface area contributed by atoms with Crippen molar-refractivity contribution in [3.05, 3.63) is 58.7 Å². The Kier molecular flexibility index (Phi) is 4.99. The molecule has 0 aliphatic carbocycles. The topological polar surface area (TPSA) is 52.2 Å². The van der Waals surface area contributed by atoms with Crippen LogP contribution in [0.2, 0.25) is 0 Å². The number of hydrogen-bond donors (Lipinski definition) is 0. The minimum atomic E-state index is -0.310. The quantitative estimate of drug-likeness (QED) is 0.656. The SMILES string of the molecule is C=CCn1c(=NC(=O)c2cc(C)n(CC)n2)sc2cc(CC)ccc21. The van der Waals surface area contributed by atoms with Crippen molar-refractivity contribution in [1.82, 2.24) is 14.3 Å². The summed E-state index contributed by atoms with van der Waals surface area (Å²) in [6.07, 6.45) is 2.80. The molecule has 6 heteroatoms.